The van der Waals surface area contributed by atoms with E-state index in [1.807, 2.05) is 0 Å². The van der Waals surface area contributed by atoms with Gasteiger partial charge in [-0.15, -0.1) is 0 Å². The zero-order valence-corrected chi connectivity index (χ0v) is 9.70. The Morgan fingerprint density at radius 1 is 1.23 bits per heavy atom. The third kappa shape index (κ3) is 10.7. The number of halogens is 4. The predicted molar refractivity (Wildman–Crippen MR) is 41.3 cm³/mol. The van der Waals surface area contributed by atoms with Crippen molar-refractivity contribution in [3.05, 3.63) is 0 Å². The summed E-state index contributed by atoms with van der Waals surface area (Å²) in [7, 11) is 0. The van der Waals surface area contributed by atoms with E-state index in [2.05, 4.69) is 0 Å². The molecular weight excluding hydrogens is 217 g/mol. The first-order valence-corrected chi connectivity index (χ1v) is 4.74. The molecule has 13 heavy (non-hydrogen) atoms. The molecule has 1 fully saturated rings. The number of rotatable bonds is 0. The molecule has 0 radical (unpaired) electrons. The zero-order valence-electron chi connectivity index (χ0n) is 7.53. The third-order valence-corrected chi connectivity index (χ3v) is 1.85. The van der Waals surface area contributed by atoms with Gasteiger partial charge in [-0.25, -0.2) is 0 Å². The first-order valence-electron chi connectivity index (χ1n) is 3.92. The van der Waals surface area contributed by atoms with Gasteiger partial charge in [0.2, 0.25) is 0 Å². The Balaban J connectivity index is 0. The Morgan fingerprint density at radius 3 is 1.62 bits per heavy atom. The fourth-order valence-electron chi connectivity index (χ4n) is 0.510. The second-order valence-corrected chi connectivity index (χ2v) is 3.99. The van der Waals surface area contributed by atoms with Crippen molar-refractivity contribution in [1.29, 1.82) is 0 Å². The molecule has 1 unspecified atom stereocenters. The van der Waals surface area contributed by atoms with Crippen LogP contribution in [0.1, 0.15) is 19.8 Å². The number of hydrogen-bond donors (Lipinski definition) is 0. The van der Waals surface area contributed by atoms with E-state index in [0.29, 0.717) is 0 Å². The Morgan fingerprint density at radius 2 is 1.54 bits per heavy atom. The zero-order chi connectivity index (χ0) is 9.61. The summed E-state index contributed by atoms with van der Waals surface area (Å²) in [5.41, 5.74) is 0. The quantitative estimate of drug-likeness (QED) is 0.500. The SMILES string of the molecule is C1CCOC1.C[CH]([Mg+])C(F)(F)F.[Cl-]. The molecule has 1 atom stereocenters. The molecule has 1 rings (SSSR count). The molecule has 76 valence electrons. The minimum atomic E-state index is -3.99. The summed E-state index contributed by atoms with van der Waals surface area (Å²) in [5, 5.41) is 0. The molecule has 1 saturated heterocycles. The van der Waals surface area contributed by atoms with Crippen molar-refractivity contribution in [2.75, 3.05) is 13.2 Å². The van der Waals surface area contributed by atoms with Crippen LogP contribution in [0.15, 0.2) is 0 Å². The van der Waals surface area contributed by atoms with Crippen LogP contribution in [0.4, 0.5) is 13.2 Å². The van der Waals surface area contributed by atoms with Crippen LogP contribution in [0.25, 0.3) is 0 Å². The molecular formula is C7H12ClF3MgO. The molecule has 1 aliphatic rings. The van der Waals surface area contributed by atoms with Crippen molar-refractivity contribution < 1.29 is 30.3 Å². The van der Waals surface area contributed by atoms with Crippen molar-refractivity contribution in [3.63, 3.8) is 0 Å². The van der Waals surface area contributed by atoms with Crippen LogP contribution >= 0.6 is 0 Å². The molecule has 1 heterocycles. The molecule has 0 spiro atoms. The second-order valence-electron chi connectivity index (χ2n) is 2.76. The molecule has 0 aromatic rings. The van der Waals surface area contributed by atoms with Crippen LogP contribution < -0.4 is 12.4 Å². The number of ether oxygens (including phenoxy) is 1. The Kier molecular flexibility index (Phi) is 10.2. The molecule has 0 saturated carbocycles. The van der Waals surface area contributed by atoms with Gasteiger partial charge in [-0.05, 0) is 12.8 Å². The smallest absolute Gasteiger partial charge is 1.00 e. The third-order valence-electron chi connectivity index (χ3n) is 1.39. The molecule has 1 nitrogen and oxygen atoms in total. The van der Waals surface area contributed by atoms with Crippen LogP contribution in [0.5, 0.6) is 0 Å². The Bertz CT molecular complexity index is 107. The fourth-order valence-corrected chi connectivity index (χ4v) is 0.510. The van der Waals surface area contributed by atoms with Crippen LogP contribution in [0, 0.1) is 0 Å². The summed E-state index contributed by atoms with van der Waals surface area (Å²) in [6.45, 7) is 3.14. The molecule has 0 N–H and O–H groups in total. The van der Waals surface area contributed by atoms with Gasteiger partial charge in [-0.3, -0.25) is 0 Å². The average Bonchev–Trinajstić information content (AvgIpc) is 2.39. The molecule has 6 heteroatoms. The summed E-state index contributed by atoms with van der Waals surface area (Å²) in [5.74, 6) is 0. The van der Waals surface area contributed by atoms with Gasteiger partial charge in [0.05, 0.1) is 0 Å². The van der Waals surface area contributed by atoms with Crippen LogP contribution in [0.2, 0.25) is 4.05 Å². The normalized spacial score (nSPS) is 18.3. The maximum absolute atomic E-state index is 11.2. The van der Waals surface area contributed by atoms with E-state index in [9.17, 15) is 13.2 Å². The maximum atomic E-state index is 11.2. The number of hydrogen-bond acceptors (Lipinski definition) is 1. The molecule has 0 aromatic heterocycles. The largest absolute Gasteiger partial charge is 1.00 e. The summed E-state index contributed by atoms with van der Waals surface area (Å²) in [4.78, 5) is 0. The average molecular weight is 229 g/mol. The van der Waals surface area contributed by atoms with E-state index < -0.39 is 10.2 Å². The second kappa shape index (κ2) is 8.14. The van der Waals surface area contributed by atoms with Gasteiger partial charge >= 0.3 is 52.0 Å². The minimum Gasteiger partial charge on any atom is -1.00 e. The van der Waals surface area contributed by atoms with Gasteiger partial charge in [-0.2, -0.15) is 0 Å². The minimum absolute atomic E-state index is 0. The van der Waals surface area contributed by atoms with E-state index >= 15 is 0 Å². The van der Waals surface area contributed by atoms with Crippen molar-refractivity contribution in [2.24, 2.45) is 0 Å². The summed E-state index contributed by atoms with van der Waals surface area (Å²) < 4.78 is 37.3. The Hall–Kier alpha value is 0.806. The van der Waals surface area contributed by atoms with Crippen LogP contribution in [-0.2, 0) is 4.74 Å². The van der Waals surface area contributed by atoms with Gasteiger partial charge in [0.25, 0.3) is 0 Å². The topological polar surface area (TPSA) is 9.23 Å². The van der Waals surface area contributed by atoms with Gasteiger partial charge < -0.3 is 17.1 Å². The first kappa shape index (κ1) is 16.2. The standard InChI is InChI=1S/C4H8O.C3H4F3.ClH.Mg/c1-2-4-5-3-1;1-2-3(4,5)6;;/h1-4H2;2H,1H3;1H;/q;;;+1/p-1. The van der Waals surface area contributed by atoms with Gasteiger partial charge in [0, 0.05) is 13.2 Å². The summed E-state index contributed by atoms with van der Waals surface area (Å²) in [6, 6.07) is 0. The van der Waals surface area contributed by atoms with Crippen molar-refractivity contribution in [3.8, 4) is 0 Å². The molecule has 0 aromatic carbocycles. The van der Waals surface area contributed by atoms with E-state index in [4.69, 9.17) is 4.74 Å². The molecule has 0 aliphatic carbocycles. The Labute approximate surface area is 95.2 Å². The van der Waals surface area contributed by atoms with E-state index in [-0.39, 0.29) is 12.4 Å². The van der Waals surface area contributed by atoms with E-state index in [1.54, 1.807) is 0 Å². The predicted octanol–water partition coefficient (Wildman–Crippen LogP) is -0.674. The van der Waals surface area contributed by atoms with Crippen molar-refractivity contribution in [1.82, 2.24) is 0 Å². The summed E-state index contributed by atoms with van der Waals surface area (Å²) >= 11 is 0.941. The maximum Gasteiger partial charge on any atom is -1.00 e. The van der Waals surface area contributed by atoms with Crippen LogP contribution in [0.3, 0.4) is 0 Å². The first-order chi connectivity index (χ1) is 5.44. The van der Waals surface area contributed by atoms with Gasteiger partial charge in [-0.1, -0.05) is 0 Å². The molecule has 0 bridgehead atoms. The van der Waals surface area contributed by atoms with Crippen molar-refractivity contribution >= 4 is 21.7 Å². The van der Waals surface area contributed by atoms with Crippen molar-refractivity contribution in [2.45, 2.75) is 30.0 Å². The van der Waals surface area contributed by atoms with Gasteiger partial charge in [0.15, 0.2) is 0 Å². The fraction of sp³-hybridized carbons (Fsp3) is 1.00. The van der Waals surface area contributed by atoms with Crippen LogP contribution in [-0.4, -0.2) is 41.1 Å². The van der Waals surface area contributed by atoms with E-state index in [1.165, 1.54) is 12.8 Å². The monoisotopic (exact) mass is 228 g/mol. The summed E-state index contributed by atoms with van der Waals surface area (Å²) in [6.07, 6.45) is -1.43. The van der Waals surface area contributed by atoms with Gasteiger partial charge in [0.1, 0.15) is 0 Å². The molecule has 1 aliphatic heterocycles. The van der Waals surface area contributed by atoms with E-state index in [0.717, 1.165) is 41.8 Å². The molecule has 0 amide bonds. The number of alkyl halides is 3.